The molecule has 0 aliphatic heterocycles. The van der Waals surface area contributed by atoms with Gasteiger partial charge in [0.1, 0.15) is 5.69 Å². The predicted molar refractivity (Wildman–Crippen MR) is 77.7 cm³/mol. The molecule has 2 N–H and O–H groups in total. The van der Waals surface area contributed by atoms with Crippen molar-refractivity contribution in [2.75, 3.05) is 32.1 Å². The smallest absolute Gasteiger partial charge is 0.292 e. The summed E-state index contributed by atoms with van der Waals surface area (Å²) in [6.07, 6.45) is 0. The highest BCUT2D eigenvalue weighted by atomic mass is 16.6. The van der Waals surface area contributed by atoms with Crippen LogP contribution < -0.4 is 10.6 Å². The van der Waals surface area contributed by atoms with Crippen molar-refractivity contribution in [3.05, 3.63) is 34.4 Å². The summed E-state index contributed by atoms with van der Waals surface area (Å²) in [5, 5.41) is 11.0. The number of hydrogen-bond acceptors (Lipinski definition) is 5. The van der Waals surface area contributed by atoms with E-state index in [1.165, 1.54) is 6.07 Å². The summed E-state index contributed by atoms with van der Waals surface area (Å²) in [5.41, 5.74) is 5.92. The molecule has 1 atom stereocenters. The van der Waals surface area contributed by atoms with E-state index in [0.29, 0.717) is 12.2 Å². The highest BCUT2D eigenvalue weighted by Gasteiger charge is 2.20. The topological polar surface area (TPSA) is 92.7 Å². The van der Waals surface area contributed by atoms with Crippen LogP contribution in [0.5, 0.6) is 0 Å². The Kier molecular flexibility index (Phi) is 5.45. The summed E-state index contributed by atoms with van der Waals surface area (Å²) in [5.74, 6) is -0.136. The van der Waals surface area contributed by atoms with E-state index >= 15 is 0 Å². The van der Waals surface area contributed by atoms with Crippen LogP contribution in [0.3, 0.4) is 0 Å². The Morgan fingerprint density at radius 1 is 1.40 bits per heavy atom. The second kappa shape index (κ2) is 6.85. The molecule has 0 saturated heterocycles. The lowest BCUT2D eigenvalue weighted by Gasteiger charge is -2.27. The number of hydrogen-bond donors (Lipinski definition) is 1. The molecule has 110 valence electrons. The molecule has 1 amide bonds. The Balaban J connectivity index is 2.84. The van der Waals surface area contributed by atoms with E-state index in [1.807, 2.05) is 6.92 Å². The maximum atomic E-state index is 12.1. The van der Waals surface area contributed by atoms with Crippen molar-refractivity contribution in [3.8, 4) is 0 Å². The van der Waals surface area contributed by atoms with Crippen LogP contribution in [0.2, 0.25) is 0 Å². The summed E-state index contributed by atoms with van der Waals surface area (Å²) in [6.45, 7) is 2.28. The van der Waals surface area contributed by atoms with Crippen molar-refractivity contribution in [1.82, 2.24) is 4.90 Å². The van der Waals surface area contributed by atoms with Crippen LogP contribution >= 0.6 is 0 Å². The molecule has 20 heavy (non-hydrogen) atoms. The minimum absolute atomic E-state index is 0.0164. The van der Waals surface area contributed by atoms with E-state index in [9.17, 15) is 14.9 Å². The molecule has 0 saturated carbocycles. The number of nitro groups is 1. The maximum absolute atomic E-state index is 12.1. The van der Waals surface area contributed by atoms with Gasteiger partial charge in [0.25, 0.3) is 5.69 Å². The number of carbonyl (C=O) groups excluding carboxylic acids is 1. The first-order valence-corrected chi connectivity index (χ1v) is 6.28. The molecule has 1 aromatic rings. The predicted octanol–water partition coefficient (Wildman–Crippen LogP) is 0.837. The van der Waals surface area contributed by atoms with Gasteiger partial charge >= 0.3 is 0 Å². The number of amides is 1. The summed E-state index contributed by atoms with van der Waals surface area (Å²) < 4.78 is 0. The Morgan fingerprint density at radius 2 is 2.00 bits per heavy atom. The first kappa shape index (κ1) is 15.9. The molecule has 0 heterocycles. The average molecular weight is 280 g/mol. The maximum Gasteiger partial charge on any atom is 0.292 e. The Bertz CT molecular complexity index is 492. The molecule has 1 unspecified atom stereocenters. The molecule has 0 bridgehead atoms. The van der Waals surface area contributed by atoms with Crippen LogP contribution in [0.25, 0.3) is 0 Å². The van der Waals surface area contributed by atoms with Gasteiger partial charge in [-0.15, -0.1) is 0 Å². The summed E-state index contributed by atoms with van der Waals surface area (Å²) in [7, 11) is 3.33. The van der Waals surface area contributed by atoms with Crippen molar-refractivity contribution >= 4 is 17.3 Å². The highest BCUT2D eigenvalue weighted by Crippen LogP contribution is 2.26. The molecule has 0 fully saturated rings. The summed E-state index contributed by atoms with van der Waals surface area (Å²) >= 11 is 0. The van der Waals surface area contributed by atoms with Gasteiger partial charge in [0.2, 0.25) is 5.91 Å². The third kappa shape index (κ3) is 3.67. The first-order valence-electron chi connectivity index (χ1n) is 6.28. The lowest BCUT2D eigenvalue weighted by molar-refractivity contribution is -0.384. The lowest BCUT2D eigenvalue weighted by atomic mass is 10.2. The second-order valence-corrected chi connectivity index (χ2v) is 4.69. The molecule has 0 spiro atoms. The van der Waals surface area contributed by atoms with E-state index in [1.54, 1.807) is 42.1 Å². The van der Waals surface area contributed by atoms with E-state index in [2.05, 4.69) is 0 Å². The largest absolute Gasteiger partial charge is 0.360 e. The van der Waals surface area contributed by atoms with E-state index in [-0.39, 0.29) is 24.2 Å². The fraction of sp³-hybridized carbons (Fsp3) is 0.462. The fourth-order valence-electron chi connectivity index (χ4n) is 1.74. The Hall–Kier alpha value is -2.15. The van der Waals surface area contributed by atoms with Gasteiger partial charge in [-0.1, -0.05) is 12.1 Å². The number of carbonyl (C=O) groups is 1. The van der Waals surface area contributed by atoms with Gasteiger partial charge < -0.3 is 15.5 Å². The molecule has 1 aromatic carbocycles. The standard InChI is InChI=1S/C13H20N4O3/c1-10(8-14)16(3)13(18)9-15(2)11-6-4-5-7-12(11)17(19)20/h4-7,10H,8-9,14H2,1-3H3. The van der Waals surface area contributed by atoms with Gasteiger partial charge in [-0.05, 0) is 13.0 Å². The average Bonchev–Trinajstić information content (AvgIpc) is 2.45. The van der Waals surface area contributed by atoms with Gasteiger partial charge in [-0.2, -0.15) is 0 Å². The zero-order valence-corrected chi connectivity index (χ0v) is 11.9. The number of likely N-dealkylation sites (N-methyl/N-ethyl adjacent to an activating group) is 2. The number of nitro benzene ring substituents is 1. The van der Waals surface area contributed by atoms with Crippen LogP contribution in [-0.4, -0.2) is 49.0 Å². The third-order valence-corrected chi connectivity index (χ3v) is 3.26. The van der Waals surface area contributed by atoms with Crippen LogP contribution in [0, 0.1) is 10.1 Å². The third-order valence-electron chi connectivity index (χ3n) is 3.26. The van der Waals surface area contributed by atoms with Crippen LogP contribution in [0.4, 0.5) is 11.4 Å². The number of benzene rings is 1. The van der Waals surface area contributed by atoms with Gasteiger partial charge in [0.05, 0.1) is 11.5 Å². The van der Waals surface area contributed by atoms with E-state index < -0.39 is 4.92 Å². The number of anilines is 1. The SMILES string of the molecule is CC(CN)N(C)C(=O)CN(C)c1ccccc1[N+](=O)[O-]. The lowest BCUT2D eigenvalue weighted by Crippen LogP contribution is -2.44. The van der Waals surface area contributed by atoms with Gasteiger partial charge in [0, 0.05) is 32.7 Å². The number of para-hydroxylation sites is 2. The molecule has 0 aliphatic carbocycles. The van der Waals surface area contributed by atoms with Crippen LogP contribution in [0.15, 0.2) is 24.3 Å². The number of nitrogens with zero attached hydrogens (tertiary/aromatic N) is 3. The minimum Gasteiger partial charge on any atom is -0.360 e. The Labute approximate surface area is 118 Å². The quantitative estimate of drug-likeness (QED) is 0.615. The van der Waals surface area contributed by atoms with Crippen LogP contribution in [0.1, 0.15) is 6.92 Å². The van der Waals surface area contributed by atoms with E-state index in [0.717, 1.165) is 0 Å². The normalized spacial score (nSPS) is 11.8. The fourth-order valence-corrected chi connectivity index (χ4v) is 1.74. The first-order chi connectivity index (χ1) is 9.38. The Morgan fingerprint density at radius 3 is 2.55 bits per heavy atom. The molecular formula is C13H20N4O3. The summed E-state index contributed by atoms with van der Waals surface area (Å²) in [6, 6.07) is 6.28. The second-order valence-electron chi connectivity index (χ2n) is 4.69. The minimum atomic E-state index is -0.456. The van der Waals surface area contributed by atoms with E-state index in [4.69, 9.17) is 5.73 Å². The van der Waals surface area contributed by atoms with Gasteiger partial charge in [0.15, 0.2) is 0 Å². The zero-order valence-electron chi connectivity index (χ0n) is 11.9. The van der Waals surface area contributed by atoms with Crippen LogP contribution in [-0.2, 0) is 4.79 Å². The molecule has 0 aliphatic rings. The molecule has 7 nitrogen and oxygen atoms in total. The molecule has 0 radical (unpaired) electrons. The molecule has 7 heteroatoms. The highest BCUT2D eigenvalue weighted by molar-refractivity contribution is 5.82. The van der Waals surface area contributed by atoms with Gasteiger partial charge in [-0.25, -0.2) is 0 Å². The van der Waals surface area contributed by atoms with Gasteiger partial charge in [-0.3, -0.25) is 14.9 Å². The summed E-state index contributed by atoms with van der Waals surface area (Å²) in [4.78, 5) is 25.7. The van der Waals surface area contributed by atoms with Crippen molar-refractivity contribution in [3.63, 3.8) is 0 Å². The molecule has 0 aromatic heterocycles. The molecule has 1 rings (SSSR count). The van der Waals surface area contributed by atoms with Crippen molar-refractivity contribution in [1.29, 1.82) is 0 Å². The van der Waals surface area contributed by atoms with Crippen molar-refractivity contribution in [2.24, 2.45) is 5.73 Å². The number of rotatable bonds is 6. The monoisotopic (exact) mass is 280 g/mol. The molecular weight excluding hydrogens is 260 g/mol. The zero-order chi connectivity index (χ0) is 15.3. The number of nitrogens with two attached hydrogens (primary N) is 1. The van der Waals surface area contributed by atoms with Crippen molar-refractivity contribution < 1.29 is 9.72 Å². The van der Waals surface area contributed by atoms with Crippen molar-refractivity contribution in [2.45, 2.75) is 13.0 Å².